The van der Waals surface area contributed by atoms with Crippen molar-refractivity contribution in [3.8, 4) is 5.75 Å². The molecule has 21 heavy (non-hydrogen) atoms. The molecule has 0 spiro atoms. The first-order valence-electron chi connectivity index (χ1n) is 7.44. The highest BCUT2D eigenvalue weighted by molar-refractivity contribution is 5.79. The van der Waals surface area contributed by atoms with Gasteiger partial charge < -0.3 is 20.1 Å². The smallest absolute Gasteiger partial charge is 0.191 e. The van der Waals surface area contributed by atoms with Crippen LogP contribution < -0.4 is 15.4 Å². The third-order valence-electron chi connectivity index (χ3n) is 2.90. The average Bonchev–Trinajstić information content (AvgIpc) is 2.47. The number of hydrogen-bond donors (Lipinski definition) is 2. The van der Waals surface area contributed by atoms with Crippen LogP contribution in [0, 0.1) is 6.92 Å². The summed E-state index contributed by atoms with van der Waals surface area (Å²) in [6.45, 7) is 9.65. The van der Waals surface area contributed by atoms with Crippen molar-refractivity contribution in [2.45, 2.75) is 27.3 Å². The lowest BCUT2D eigenvalue weighted by atomic mass is 10.1. The average molecular weight is 293 g/mol. The minimum Gasteiger partial charge on any atom is -0.494 e. The summed E-state index contributed by atoms with van der Waals surface area (Å²) in [5.74, 6) is 1.75. The van der Waals surface area contributed by atoms with Gasteiger partial charge >= 0.3 is 0 Å². The Balaban J connectivity index is 2.64. The number of nitrogens with zero attached hydrogens (tertiary/aromatic N) is 1. The topological polar surface area (TPSA) is 54.9 Å². The van der Waals surface area contributed by atoms with Gasteiger partial charge in [-0.15, -0.1) is 0 Å². The van der Waals surface area contributed by atoms with E-state index in [1.54, 1.807) is 7.11 Å². The number of nitrogens with one attached hydrogen (secondary N) is 2. The summed E-state index contributed by atoms with van der Waals surface area (Å²) in [5, 5.41) is 6.44. The maximum Gasteiger partial charge on any atom is 0.191 e. The molecular formula is C16H27N3O2. The van der Waals surface area contributed by atoms with Crippen LogP contribution in [0.2, 0.25) is 0 Å². The SMILES string of the molecule is CCNC(=NCc1ccc(OCC)c(C)c1)NCCOC. The van der Waals surface area contributed by atoms with Gasteiger partial charge in [0.2, 0.25) is 0 Å². The summed E-state index contributed by atoms with van der Waals surface area (Å²) >= 11 is 0. The maximum absolute atomic E-state index is 5.55. The number of aliphatic imine (C=N–C) groups is 1. The van der Waals surface area contributed by atoms with Crippen molar-refractivity contribution in [2.24, 2.45) is 4.99 Å². The molecule has 0 atom stereocenters. The van der Waals surface area contributed by atoms with E-state index in [1.807, 2.05) is 13.0 Å². The van der Waals surface area contributed by atoms with Gasteiger partial charge in [-0.3, -0.25) is 0 Å². The fourth-order valence-corrected chi connectivity index (χ4v) is 1.91. The van der Waals surface area contributed by atoms with Crippen molar-refractivity contribution >= 4 is 5.96 Å². The fourth-order valence-electron chi connectivity index (χ4n) is 1.91. The zero-order valence-electron chi connectivity index (χ0n) is 13.5. The number of benzene rings is 1. The Bertz CT molecular complexity index is 447. The number of guanidine groups is 1. The lowest BCUT2D eigenvalue weighted by Gasteiger charge is -2.11. The molecule has 1 rings (SSSR count). The molecule has 1 aromatic rings. The van der Waals surface area contributed by atoms with Crippen molar-refractivity contribution in [1.82, 2.24) is 10.6 Å². The van der Waals surface area contributed by atoms with Gasteiger partial charge in [-0.05, 0) is 38.0 Å². The van der Waals surface area contributed by atoms with E-state index >= 15 is 0 Å². The van der Waals surface area contributed by atoms with Gasteiger partial charge in [0.05, 0.1) is 19.8 Å². The first-order valence-corrected chi connectivity index (χ1v) is 7.44. The van der Waals surface area contributed by atoms with Gasteiger partial charge in [0.15, 0.2) is 5.96 Å². The number of aryl methyl sites for hydroxylation is 1. The standard InChI is InChI=1S/C16H27N3O2/c1-5-17-16(18-9-10-20-4)19-12-14-7-8-15(21-6-2)13(3)11-14/h7-8,11H,5-6,9-10,12H2,1-4H3,(H2,17,18,19). The number of rotatable bonds is 8. The van der Waals surface area contributed by atoms with E-state index < -0.39 is 0 Å². The molecule has 0 bridgehead atoms. The lowest BCUT2D eigenvalue weighted by Crippen LogP contribution is -2.38. The highest BCUT2D eigenvalue weighted by Gasteiger charge is 2.01. The van der Waals surface area contributed by atoms with Crippen molar-refractivity contribution in [1.29, 1.82) is 0 Å². The summed E-state index contributed by atoms with van der Waals surface area (Å²) in [4.78, 5) is 4.57. The Morgan fingerprint density at radius 1 is 1.24 bits per heavy atom. The third kappa shape index (κ3) is 6.49. The van der Waals surface area contributed by atoms with Gasteiger partial charge in [0.1, 0.15) is 5.75 Å². The van der Waals surface area contributed by atoms with Gasteiger partial charge in [-0.25, -0.2) is 4.99 Å². The van der Waals surface area contributed by atoms with Crippen molar-refractivity contribution in [3.05, 3.63) is 29.3 Å². The van der Waals surface area contributed by atoms with Gasteiger partial charge in [0, 0.05) is 20.2 Å². The lowest BCUT2D eigenvalue weighted by molar-refractivity contribution is 0.203. The second-order valence-corrected chi connectivity index (χ2v) is 4.65. The number of hydrogen-bond acceptors (Lipinski definition) is 3. The monoisotopic (exact) mass is 293 g/mol. The summed E-state index contributed by atoms with van der Waals surface area (Å²) < 4.78 is 10.6. The molecular weight excluding hydrogens is 266 g/mol. The second kappa shape index (κ2) is 10.0. The highest BCUT2D eigenvalue weighted by Crippen LogP contribution is 2.19. The fraction of sp³-hybridized carbons (Fsp3) is 0.562. The number of methoxy groups -OCH3 is 1. The maximum atomic E-state index is 5.55. The molecule has 0 radical (unpaired) electrons. The number of ether oxygens (including phenoxy) is 2. The minimum atomic E-state index is 0.634. The molecule has 0 aliphatic heterocycles. The molecule has 0 fully saturated rings. The van der Waals surface area contributed by atoms with Crippen LogP contribution in [0.4, 0.5) is 0 Å². The van der Waals surface area contributed by atoms with E-state index in [2.05, 4.69) is 41.6 Å². The van der Waals surface area contributed by atoms with Crippen LogP contribution in [0.25, 0.3) is 0 Å². The predicted octanol–water partition coefficient (Wildman–Crippen LogP) is 2.10. The molecule has 0 saturated heterocycles. The van der Waals surface area contributed by atoms with E-state index in [9.17, 15) is 0 Å². The molecule has 0 heterocycles. The molecule has 0 saturated carbocycles. The normalized spacial score (nSPS) is 11.3. The molecule has 5 heteroatoms. The molecule has 0 amide bonds. The van der Waals surface area contributed by atoms with Gasteiger partial charge in [-0.2, -0.15) is 0 Å². The van der Waals surface area contributed by atoms with E-state index in [-0.39, 0.29) is 0 Å². The van der Waals surface area contributed by atoms with E-state index in [0.29, 0.717) is 19.8 Å². The van der Waals surface area contributed by atoms with Gasteiger partial charge in [-0.1, -0.05) is 12.1 Å². The largest absolute Gasteiger partial charge is 0.494 e. The van der Waals surface area contributed by atoms with Gasteiger partial charge in [0.25, 0.3) is 0 Å². The Kier molecular flexibility index (Phi) is 8.28. The summed E-state index contributed by atoms with van der Waals surface area (Å²) in [6.07, 6.45) is 0. The van der Waals surface area contributed by atoms with E-state index in [4.69, 9.17) is 9.47 Å². The summed E-state index contributed by atoms with van der Waals surface area (Å²) in [6, 6.07) is 6.18. The predicted molar refractivity (Wildman–Crippen MR) is 87.0 cm³/mol. The zero-order valence-corrected chi connectivity index (χ0v) is 13.5. The van der Waals surface area contributed by atoms with Crippen LogP contribution in [0.3, 0.4) is 0 Å². The molecule has 0 unspecified atom stereocenters. The quantitative estimate of drug-likeness (QED) is 0.438. The Hall–Kier alpha value is -1.75. The van der Waals surface area contributed by atoms with Crippen LogP contribution in [0.15, 0.2) is 23.2 Å². The Morgan fingerprint density at radius 3 is 2.67 bits per heavy atom. The Morgan fingerprint density at radius 2 is 2.05 bits per heavy atom. The summed E-state index contributed by atoms with van der Waals surface area (Å²) in [7, 11) is 1.69. The molecule has 2 N–H and O–H groups in total. The zero-order chi connectivity index (χ0) is 15.5. The van der Waals surface area contributed by atoms with Crippen LogP contribution >= 0.6 is 0 Å². The van der Waals surface area contributed by atoms with Crippen molar-refractivity contribution < 1.29 is 9.47 Å². The van der Waals surface area contributed by atoms with E-state index in [1.165, 1.54) is 5.56 Å². The van der Waals surface area contributed by atoms with Crippen LogP contribution in [0.1, 0.15) is 25.0 Å². The molecule has 118 valence electrons. The Labute approximate surface area is 127 Å². The van der Waals surface area contributed by atoms with Crippen LogP contribution in [-0.4, -0.2) is 39.4 Å². The second-order valence-electron chi connectivity index (χ2n) is 4.65. The molecule has 0 aromatic heterocycles. The van der Waals surface area contributed by atoms with Crippen molar-refractivity contribution in [3.63, 3.8) is 0 Å². The molecule has 0 aliphatic rings. The third-order valence-corrected chi connectivity index (χ3v) is 2.90. The van der Waals surface area contributed by atoms with Crippen LogP contribution in [-0.2, 0) is 11.3 Å². The molecule has 1 aromatic carbocycles. The first kappa shape index (κ1) is 17.3. The minimum absolute atomic E-state index is 0.634. The molecule has 5 nitrogen and oxygen atoms in total. The highest BCUT2D eigenvalue weighted by atomic mass is 16.5. The van der Waals surface area contributed by atoms with E-state index in [0.717, 1.165) is 30.4 Å². The molecule has 0 aliphatic carbocycles. The first-order chi connectivity index (χ1) is 10.2. The van der Waals surface area contributed by atoms with Crippen molar-refractivity contribution in [2.75, 3.05) is 33.4 Å². The summed E-state index contributed by atoms with van der Waals surface area (Å²) in [5.41, 5.74) is 2.31. The van der Waals surface area contributed by atoms with Crippen LogP contribution in [0.5, 0.6) is 5.75 Å².